The number of carbonyl (C=O) groups excluding carboxylic acids is 1. The molecule has 1 saturated heterocycles. The van der Waals surface area contributed by atoms with Crippen LogP contribution in [0.1, 0.15) is 19.8 Å². The van der Waals surface area contributed by atoms with Crippen LogP contribution in [-0.2, 0) is 4.79 Å². The Balaban J connectivity index is 2.36. The molecule has 1 aliphatic heterocycles. The fourth-order valence-electron chi connectivity index (χ4n) is 1.66. The average Bonchev–Trinajstić information content (AvgIpc) is 2.28. The second-order valence-electron chi connectivity index (χ2n) is 4.12. The third-order valence-electron chi connectivity index (χ3n) is 2.87. The van der Waals surface area contributed by atoms with Crippen molar-refractivity contribution >= 4 is 12.0 Å². The van der Waals surface area contributed by atoms with Crippen LogP contribution in [0.2, 0.25) is 0 Å². The van der Waals surface area contributed by atoms with Gasteiger partial charge in [-0.15, -0.1) is 0 Å². The minimum atomic E-state index is -1.04. The number of urea groups is 1. The van der Waals surface area contributed by atoms with E-state index in [0.29, 0.717) is 13.1 Å². The van der Waals surface area contributed by atoms with Crippen LogP contribution in [0.4, 0.5) is 4.79 Å². The van der Waals surface area contributed by atoms with E-state index in [0.717, 1.165) is 12.8 Å². The molecule has 1 atom stereocenters. The minimum absolute atomic E-state index is 0.154. The van der Waals surface area contributed by atoms with Crippen molar-refractivity contribution in [1.29, 1.82) is 0 Å². The zero-order chi connectivity index (χ0) is 12.1. The molecule has 0 bridgehead atoms. The number of hydrogen-bond acceptors (Lipinski definition) is 3. The molecule has 0 radical (unpaired) electrons. The van der Waals surface area contributed by atoms with E-state index in [-0.39, 0.29) is 18.6 Å². The van der Waals surface area contributed by atoms with Gasteiger partial charge in [-0.1, -0.05) is 0 Å². The van der Waals surface area contributed by atoms with Crippen molar-refractivity contribution in [3.63, 3.8) is 0 Å². The number of aliphatic hydroxyl groups excluding tert-OH is 1. The number of hydrogen-bond donors (Lipinski definition) is 3. The number of nitrogens with zero attached hydrogens (tertiary/aromatic N) is 1. The molecule has 1 aliphatic rings. The van der Waals surface area contributed by atoms with E-state index >= 15 is 0 Å². The van der Waals surface area contributed by atoms with Crippen molar-refractivity contribution < 1.29 is 19.8 Å². The predicted molar refractivity (Wildman–Crippen MR) is 57.0 cm³/mol. The smallest absolute Gasteiger partial charge is 0.325 e. The third kappa shape index (κ3) is 3.37. The van der Waals surface area contributed by atoms with Crippen molar-refractivity contribution in [3.05, 3.63) is 0 Å². The molecule has 3 N–H and O–H groups in total. The van der Waals surface area contributed by atoms with E-state index in [2.05, 4.69) is 5.32 Å². The van der Waals surface area contributed by atoms with Crippen LogP contribution >= 0.6 is 0 Å². The number of carboxylic acid groups (broad SMARTS) is 1. The highest BCUT2D eigenvalue weighted by Crippen LogP contribution is 2.16. The molecule has 0 spiro atoms. The first-order valence-corrected chi connectivity index (χ1v) is 5.43. The van der Waals surface area contributed by atoms with Crippen LogP contribution in [0.3, 0.4) is 0 Å². The van der Waals surface area contributed by atoms with Crippen LogP contribution in [0.15, 0.2) is 0 Å². The van der Waals surface area contributed by atoms with Gasteiger partial charge >= 0.3 is 12.0 Å². The lowest BCUT2D eigenvalue weighted by molar-refractivity contribution is -0.138. The molecule has 0 aromatic carbocycles. The number of piperidine rings is 1. The van der Waals surface area contributed by atoms with Gasteiger partial charge in [0.1, 0.15) is 6.04 Å². The van der Waals surface area contributed by atoms with Gasteiger partial charge in [0.05, 0.1) is 0 Å². The number of rotatable bonds is 3. The molecule has 0 aromatic heterocycles. The van der Waals surface area contributed by atoms with E-state index in [4.69, 9.17) is 10.2 Å². The number of aliphatic carboxylic acids is 1. The number of nitrogens with one attached hydrogen (secondary N) is 1. The maximum Gasteiger partial charge on any atom is 0.325 e. The lowest BCUT2D eigenvalue weighted by atomic mass is 9.98. The highest BCUT2D eigenvalue weighted by Gasteiger charge is 2.24. The van der Waals surface area contributed by atoms with Gasteiger partial charge < -0.3 is 20.4 Å². The summed E-state index contributed by atoms with van der Waals surface area (Å²) in [6, 6.07) is -1.21. The van der Waals surface area contributed by atoms with Crippen LogP contribution in [0.25, 0.3) is 0 Å². The maximum absolute atomic E-state index is 11.6. The Labute approximate surface area is 94.2 Å². The fourth-order valence-corrected chi connectivity index (χ4v) is 1.66. The van der Waals surface area contributed by atoms with Gasteiger partial charge in [0.2, 0.25) is 0 Å². The third-order valence-corrected chi connectivity index (χ3v) is 2.87. The molecule has 2 amide bonds. The number of likely N-dealkylation sites (tertiary alicyclic amines) is 1. The Morgan fingerprint density at radius 2 is 2.00 bits per heavy atom. The SMILES string of the molecule is C[C@@H](NC(=O)N1CCC(CO)CC1)C(=O)O. The summed E-state index contributed by atoms with van der Waals surface area (Å²) in [5, 5.41) is 20.0. The summed E-state index contributed by atoms with van der Waals surface area (Å²) in [7, 11) is 0. The monoisotopic (exact) mass is 230 g/mol. The van der Waals surface area contributed by atoms with Crippen molar-refractivity contribution in [3.8, 4) is 0 Å². The molecular formula is C10H18N2O4. The molecule has 0 aliphatic carbocycles. The molecule has 0 saturated carbocycles. The highest BCUT2D eigenvalue weighted by molar-refractivity contribution is 5.82. The Hall–Kier alpha value is -1.30. The topological polar surface area (TPSA) is 89.9 Å². The number of amides is 2. The highest BCUT2D eigenvalue weighted by atomic mass is 16.4. The number of aliphatic hydroxyl groups is 1. The van der Waals surface area contributed by atoms with Crippen LogP contribution in [0.5, 0.6) is 0 Å². The van der Waals surface area contributed by atoms with Gasteiger partial charge in [-0.05, 0) is 25.7 Å². The van der Waals surface area contributed by atoms with Gasteiger partial charge in [-0.2, -0.15) is 0 Å². The van der Waals surface area contributed by atoms with E-state index < -0.39 is 12.0 Å². The lowest BCUT2D eigenvalue weighted by Crippen LogP contribution is -2.49. The van der Waals surface area contributed by atoms with Gasteiger partial charge in [-0.25, -0.2) is 4.79 Å². The van der Waals surface area contributed by atoms with E-state index in [1.165, 1.54) is 6.92 Å². The summed E-state index contributed by atoms with van der Waals surface area (Å²) in [6.45, 7) is 2.73. The van der Waals surface area contributed by atoms with Crippen molar-refractivity contribution in [2.24, 2.45) is 5.92 Å². The average molecular weight is 230 g/mol. The Morgan fingerprint density at radius 1 is 1.44 bits per heavy atom. The first-order valence-electron chi connectivity index (χ1n) is 5.43. The first-order chi connectivity index (χ1) is 7.54. The Bertz CT molecular complexity index is 262. The van der Waals surface area contributed by atoms with Crippen molar-refractivity contribution in [2.45, 2.75) is 25.8 Å². The summed E-state index contributed by atoms with van der Waals surface area (Å²) < 4.78 is 0. The Morgan fingerprint density at radius 3 is 2.44 bits per heavy atom. The van der Waals surface area contributed by atoms with Gasteiger partial charge in [-0.3, -0.25) is 4.79 Å². The van der Waals surface area contributed by atoms with Gasteiger partial charge in [0.25, 0.3) is 0 Å². The fraction of sp³-hybridized carbons (Fsp3) is 0.800. The molecular weight excluding hydrogens is 212 g/mol. The largest absolute Gasteiger partial charge is 0.480 e. The summed E-state index contributed by atoms with van der Waals surface area (Å²) in [6.07, 6.45) is 1.54. The molecule has 16 heavy (non-hydrogen) atoms. The molecule has 1 rings (SSSR count). The second-order valence-corrected chi connectivity index (χ2v) is 4.12. The van der Waals surface area contributed by atoms with E-state index in [9.17, 15) is 9.59 Å². The summed E-state index contributed by atoms with van der Waals surface area (Å²) in [5.74, 6) is -0.778. The maximum atomic E-state index is 11.6. The molecule has 6 heteroatoms. The summed E-state index contributed by atoms with van der Waals surface area (Å²) in [4.78, 5) is 23.7. The van der Waals surface area contributed by atoms with Gasteiger partial charge in [0, 0.05) is 19.7 Å². The predicted octanol–water partition coefficient (Wildman–Crippen LogP) is -0.127. The second kappa shape index (κ2) is 5.69. The summed E-state index contributed by atoms with van der Waals surface area (Å²) >= 11 is 0. The first kappa shape index (κ1) is 12.8. The normalized spacial score (nSPS) is 19.2. The zero-order valence-electron chi connectivity index (χ0n) is 9.35. The van der Waals surface area contributed by atoms with E-state index in [1.807, 2.05) is 0 Å². The molecule has 0 aromatic rings. The quantitative estimate of drug-likeness (QED) is 0.630. The molecule has 0 unspecified atom stereocenters. The number of carbonyl (C=O) groups is 2. The molecule has 6 nitrogen and oxygen atoms in total. The zero-order valence-corrected chi connectivity index (χ0v) is 9.35. The standard InChI is InChI=1S/C10H18N2O4/c1-7(9(14)15)11-10(16)12-4-2-8(6-13)3-5-12/h7-8,13H,2-6H2,1H3,(H,11,16)(H,14,15)/t7-/m1/s1. The molecule has 92 valence electrons. The van der Waals surface area contributed by atoms with Gasteiger partial charge in [0.15, 0.2) is 0 Å². The minimum Gasteiger partial charge on any atom is -0.480 e. The van der Waals surface area contributed by atoms with E-state index in [1.54, 1.807) is 4.90 Å². The summed E-state index contributed by atoms with van der Waals surface area (Å²) in [5.41, 5.74) is 0. The van der Waals surface area contributed by atoms with Crippen LogP contribution in [0, 0.1) is 5.92 Å². The molecule has 1 fully saturated rings. The lowest BCUT2D eigenvalue weighted by Gasteiger charge is -2.31. The number of carboxylic acids is 1. The molecule has 1 heterocycles. The van der Waals surface area contributed by atoms with Crippen LogP contribution < -0.4 is 5.32 Å². The van der Waals surface area contributed by atoms with Crippen molar-refractivity contribution in [1.82, 2.24) is 10.2 Å². The van der Waals surface area contributed by atoms with Crippen LogP contribution in [-0.4, -0.2) is 52.9 Å². The Kier molecular flexibility index (Phi) is 4.54. The van der Waals surface area contributed by atoms with Crippen molar-refractivity contribution in [2.75, 3.05) is 19.7 Å².